The smallest absolute Gasteiger partial charge is 0.165 e. The largest absolute Gasteiger partial charge is 0.350 e. The Kier molecular flexibility index (Phi) is 9.45. The van der Waals surface area contributed by atoms with Crippen molar-refractivity contribution in [2.24, 2.45) is 11.3 Å². The molecule has 0 bridgehead atoms. The van der Waals surface area contributed by atoms with Gasteiger partial charge in [0, 0.05) is 11.8 Å². The average molecular weight is 351 g/mol. The molecule has 0 atom stereocenters. The second-order valence-electron chi connectivity index (χ2n) is 9.34. The molecule has 1 saturated heterocycles. The van der Waals surface area contributed by atoms with Gasteiger partial charge >= 0.3 is 0 Å². The summed E-state index contributed by atoms with van der Waals surface area (Å²) in [4.78, 5) is 0. The Morgan fingerprint density at radius 2 is 1.48 bits per heavy atom. The minimum Gasteiger partial charge on any atom is -0.350 e. The van der Waals surface area contributed by atoms with Crippen molar-refractivity contribution in [1.82, 2.24) is 0 Å². The highest BCUT2D eigenvalue weighted by Crippen LogP contribution is 2.32. The van der Waals surface area contributed by atoms with Crippen LogP contribution in [0.4, 0.5) is 0 Å². The standard InChI is InChI=1S/C23H42O2/c1-19(2)11-8-12-20(3)13-9-14-21(4)15-10-16-23(7)24-17-22(5,6)18-25-23/h13,15,19H,8-12,14,16-18H2,1-7H3/b20-13-,21-15-. The summed E-state index contributed by atoms with van der Waals surface area (Å²) < 4.78 is 11.9. The maximum absolute atomic E-state index is 5.97. The van der Waals surface area contributed by atoms with E-state index in [1.54, 1.807) is 5.57 Å². The van der Waals surface area contributed by atoms with E-state index in [0.29, 0.717) is 0 Å². The highest BCUT2D eigenvalue weighted by atomic mass is 16.7. The topological polar surface area (TPSA) is 18.5 Å². The minimum atomic E-state index is -0.404. The van der Waals surface area contributed by atoms with Crippen LogP contribution in [0, 0.1) is 11.3 Å². The lowest BCUT2D eigenvalue weighted by Gasteiger charge is -2.41. The van der Waals surface area contributed by atoms with Crippen LogP contribution in [-0.4, -0.2) is 19.0 Å². The van der Waals surface area contributed by atoms with Gasteiger partial charge in [0.2, 0.25) is 0 Å². The maximum Gasteiger partial charge on any atom is 0.165 e. The monoisotopic (exact) mass is 350 g/mol. The molecule has 0 unspecified atom stereocenters. The Balaban J connectivity index is 2.23. The van der Waals surface area contributed by atoms with E-state index in [9.17, 15) is 0 Å². The molecule has 1 rings (SSSR count). The first-order valence-corrected chi connectivity index (χ1v) is 10.2. The Labute approximate surface area is 157 Å². The summed E-state index contributed by atoms with van der Waals surface area (Å²) in [6.45, 7) is 17.2. The summed E-state index contributed by atoms with van der Waals surface area (Å²) in [6.07, 6.45) is 13.0. The van der Waals surface area contributed by atoms with E-state index in [-0.39, 0.29) is 5.41 Å². The molecule has 0 N–H and O–H groups in total. The van der Waals surface area contributed by atoms with E-state index in [1.165, 1.54) is 24.8 Å². The summed E-state index contributed by atoms with van der Waals surface area (Å²) in [5, 5.41) is 0. The molecule has 1 fully saturated rings. The van der Waals surface area contributed by atoms with Gasteiger partial charge < -0.3 is 9.47 Å². The van der Waals surface area contributed by atoms with Gasteiger partial charge in [0.05, 0.1) is 13.2 Å². The van der Waals surface area contributed by atoms with Crippen molar-refractivity contribution in [2.45, 2.75) is 99.2 Å². The first-order chi connectivity index (χ1) is 11.6. The SMILES string of the molecule is C/C(=C/CCC1(C)OCC(C)(C)CO1)CC/C=C(/C)CCCC(C)C. The molecule has 0 aliphatic carbocycles. The van der Waals surface area contributed by atoms with E-state index in [0.717, 1.165) is 44.8 Å². The van der Waals surface area contributed by atoms with Crippen molar-refractivity contribution < 1.29 is 9.47 Å². The number of allylic oxidation sites excluding steroid dienone is 4. The molecule has 0 saturated carbocycles. The van der Waals surface area contributed by atoms with Gasteiger partial charge in [0.15, 0.2) is 5.79 Å². The van der Waals surface area contributed by atoms with Crippen molar-refractivity contribution in [3.8, 4) is 0 Å². The van der Waals surface area contributed by atoms with Crippen LogP contribution in [0.2, 0.25) is 0 Å². The van der Waals surface area contributed by atoms with E-state index in [1.807, 2.05) is 0 Å². The molecule has 25 heavy (non-hydrogen) atoms. The molecule has 146 valence electrons. The lowest BCUT2D eigenvalue weighted by atomic mass is 9.94. The first-order valence-electron chi connectivity index (χ1n) is 10.2. The van der Waals surface area contributed by atoms with Crippen LogP contribution >= 0.6 is 0 Å². The molecule has 0 aromatic carbocycles. The van der Waals surface area contributed by atoms with Crippen molar-refractivity contribution in [3.05, 3.63) is 23.3 Å². The molecule has 0 spiro atoms. The van der Waals surface area contributed by atoms with Crippen LogP contribution in [0.5, 0.6) is 0 Å². The molecular formula is C23H42O2. The second-order valence-corrected chi connectivity index (χ2v) is 9.34. The van der Waals surface area contributed by atoms with Crippen LogP contribution < -0.4 is 0 Å². The fourth-order valence-electron chi connectivity index (χ4n) is 3.04. The van der Waals surface area contributed by atoms with E-state index in [4.69, 9.17) is 9.47 Å². The van der Waals surface area contributed by atoms with Gasteiger partial charge in [-0.1, -0.05) is 57.4 Å². The number of ether oxygens (including phenoxy) is 2. The molecular weight excluding hydrogens is 308 g/mol. The van der Waals surface area contributed by atoms with E-state index in [2.05, 4.69) is 60.6 Å². The third-order valence-corrected chi connectivity index (χ3v) is 5.01. The quantitative estimate of drug-likeness (QED) is 0.393. The van der Waals surface area contributed by atoms with E-state index < -0.39 is 5.79 Å². The number of hydrogen-bond acceptors (Lipinski definition) is 2. The lowest BCUT2D eigenvalue weighted by Crippen LogP contribution is -2.45. The highest BCUT2D eigenvalue weighted by molar-refractivity contribution is 5.04. The van der Waals surface area contributed by atoms with Crippen LogP contribution in [0.15, 0.2) is 23.3 Å². The molecule has 1 aliphatic rings. The predicted octanol–water partition coefficient (Wildman–Crippen LogP) is 7.05. The van der Waals surface area contributed by atoms with Gasteiger partial charge in [-0.05, 0) is 58.8 Å². The van der Waals surface area contributed by atoms with Crippen molar-refractivity contribution in [3.63, 3.8) is 0 Å². The molecule has 2 nitrogen and oxygen atoms in total. The molecule has 1 aliphatic heterocycles. The molecule has 0 aromatic rings. The van der Waals surface area contributed by atoms with Gasteiger partial charge in [0.25, 0.3) is 0 Å². The van der Waals surface area contributed by atoms with Crippen molar-refractivity contribution in [2.75, 3.05) is 13.2 Å². The van der Waals surface area contributed by atoms with Gasteiger partial charge in [0.1, 0.15) is 0 Å². The fourth-order valence-corrected chi connectivity index (χ4v) is 3.04. The average Bonchev–Trinajstić information content (AvgIpc) is 2.50. The molecule has 0 aromatic heterocycles. The van der Waals surface area contributed by atoms with Gasteiger partial charge in [-0.25, -0.2) is 0 Å². The summed E-state index contributed by atoms with van der Waals surface area (Å²) in [6, 6.07) is 0. The first kappa shape index (κ1) is 22.4. The summed E-state index contributed by atoms with van der Waals surface area (Å²) in [5.74, 6) is 0.419. The van der Waals surface area contributed by atoms with Gasteiger partial charge in [-0.2, -0.15) is 0 Å². The molecule has 2 heteroatoms. The zero-order chi connectivity index (χ0) is 18.9. The molecule has 0 radical (unpaired) electrons. The Morgan fingerprint density at radius 1 is 0.920 bits per heavy atom. The minimum absolute atomic E-state index is 0.143. The summed E-state index contributed by atoms with van der Waals surface area (Å²) in [5.41, 5.74) is 3.17. The summed E-state index contributed by atoms with van der Waals surface area (Å²) >= 11 is 0. The molecule has 0 amide bonds. The zero-order valence-electron chi connectivity index (χ0n) is 17.9. The number of hydrogen-bond donors (Lipinski definition) is 0. The van der Waals surface area contributed by atoms with Crippen LogP contribution in [0.3, 0.4) is 0 Å². The van der Waals surface area contributed by atoms with Gasteiger partial charge in [-0.15, -0.1) is 0 Å². The third-order valence-electron chi connectivity index (χ3n) is 5.01. The van der Waals surface area contributed by atoms with Gasteiger partial charge in [-0.3, -0.25) is 0 Å². The normalized spacial score (nSPS) is 21.0. The third kappa shape index (κ3) is 10.2. The second kappa shape index (κ2) is 10.5. The van der Waals surface area contributed by atoms with Crippen LogP contribution in [0.25, 0.3) is 0 Å². The lowest BCUT2D eigenvalue weighted by molar-refractivity contribution is -0.291. The van der Waals surface area contributed by atoms with Crippen molar-refractivity contribution >= 4 is 0 Å². The van der Waals surface area contributed by atoms with E-state index >= 15 is 0 Å². The van der Waals surface area contributed by atoms with Crippen molar-refractivity contribution in [1.29, 1.82) is 0 Å². The summed E-state index contributed by atoms with van der Waals surface area (Å²) in [7, 11) is 0. The fraction of sp³-hybridized carbons (Fsp3) is 0.826. The van der Waals surface area contributed by atoms with Crippen LogP contribution in [0.1, 0.15) is 93.4 Å². The zero-order valence-corrected chi connectivity index (χ0v) is 17.9. The Hall–Kier alpha value is -0.600. The van der Waals surface area contributed by atoms with Crippen LogP contribution in [-0.2, 0) is 9.47 Å². The number of rotatable bonds is 10. The molecule has 1 heterocycles. The maximum atomic E-state index is 5.97. The highest BCUT2D eigenvalue weighted by Gasteiger charge is 2.36. The predicted molar refractivity (Wildman–Crippen MR) is 109 cm³/mol. The Morgan fingerprint density at radius 3 is 2.08 bits per heavy atom. The Bertz CT molecular complexity index is 433.